The van der Waals surface area contributed by atoms with Crippen molar-refractivity contribution < 1.29 is 9.59 Å². The Morgan fingerprint density at radius 3 is 2.88 bits per heavy atom. The number of amides is 2. The van der Waals surface area contributed by atoms with E-state index in [4.69, 9.17) is 16.6 Å². The van der Waals surface area contributed by atoms with Gasteiger partial charge < -0.3 is 21.3 Å². The van der Waals surface area contributed by atoms with Crippen molar-refractivity contribution in [2.75, 3.05) is 17.2 Å². The standard InChI is InChI=1S/C23H20ClN7O2S/c1-10-8-25-18-17-12-4-7-16(29-14(12)5-6-15(17)34-19(18)22(33)27-10)30-20-13(9-26-23(24)31-20)21(32)28-11-2-3-11/h4-7,9-11,25H,2-3,8H2,1H3,(H,27,33)(H,28,32)(H,26,29,30,31)/t10-/m0/s1. The summed E-state index contributed by atoms with van der Waals surface area (Å²) in [6, 6.07) is 7.92. The normalized spacial score (nSPS) is 17.6. The Balaban J connectivity index is 1.39. The summed E-state index contributed by atoms with van der Waals surface area (Å²) in [5.74, 6) is 0.500. The van der Waals surface area contributed by atoms with Crippen molar-refractivity contribution in [2.24, 2.45) is 0 Å². The summed E-state index contributed by atoms with van der Waals surface area (Å²) in [7, 11) is 0. The minimum atomic E-state index is -0.247. The topological polar surface area (TPSA) is 121 Å². The second-order valence-corrected chi connectivity index (χ2v) is 9.93. The summed E-state index contributed by atoms with van der Waals surface area (Å²) >= 11 is 7.47. The summed E-state index contributed by atoms with van der Waals surface area (Å²) in [4.78, 5) is 38.9. The van der Waals surface area contributed by atoms with Gasteiger partial charge in [-0.05, 0) is 55.6 Å². The van der Waals surface area contributed by atoms with Gasteiger partial charge in [0.1, 0.15) is 22.1 Å². The predicted octanol–water partition coefficient (Wildman–Crippen LogP) is 4.07. The van der Waals surface area contributed by atoms with E-state index in [1.165, 1.54) is 17.5 Å². The number of aromatic nitrogens is 3. The van der Waals surface area contributed by atoms with Crippen LogP contribution in [0.3, 0.4) is 0 Å². The Bertz CT molecular complexity index is 1480. The number of hydrogen-bond acceptors (Lipinski definition) is 8. The van der Waals surface area contributed by atoms with E-state index < -0.39 is 0 Å². The molecule has 0 radical (unpaired) electrons. The van der Waals surface area contributed by atoms with E-state index in [0.29, 0.717) is 28.6 Å². The van der Waals surface area contributed by atoms with Crippen molar-refractivity contribution in [3.63, 3.8) is 0 Å². The van der Waals surface area contributed by atoms with Gasteiger partial charge in [0.2, 0.25) is 5.28 Å². The molecule has 4 N–H and O–H groups in total. The van der Waals surface area contributed by atoms with Crippen LogP contribution in [-0.4, -0.2) is 45.4 Å². The molecule has 6 rings (SSSR count). The maximum absolute atomic E-state index is 12.6. The average Bonchev–Trinajstić information content (AvgIpc) is 3.56. The summed E-state index contributed by atoms with van der Waals surface area (Å²) in [5, 5.41) is 14.4. The van der Waals surface area contributed by atoms with E-state index in [-0.39, 0.29) is 29.2 Å². The second-order valence-electron chi connectivity index (χ2n) is 8.54. The van der Waals surface area contributed by atoms with Crippen LogP contribution >= 0.6 is 22.9 Å². The first-order chi connectivity index (χ1) is 16.5. The highest BCUT2D eigenvalue weighted by Gasteiger charge is 2.27. The van der Waals surface area contributed by atoms with Crippen molar-refractivity contribution in [1.82, 2.24) is 25.6 Å². The largest absolute Gasteiger partial charge is 0.381 e. The molecular weight excluding hydrogens is 474 g/mol. The lowest BCUT2D eigenvalue weighted by Crippen LogP contribution is -2.34. The van der Waals surface area contributed by atoms with Gasteiger partial charge in [0.25, 0.3) is 11.8 Å². The first-order valence-corrected chi connectivity index (χ1v) is 12.2. The van der Waals surface area contributed by atoms with Gasteiger partial charge in [-0.2, -0.15) is 4.98 Å². The van der Waals surface area contributed by atoms with Gasteiger partial charge in [0, 0.05) is 40.3 Å². The quantitative estimate of drug-likeness (QED) is 0.316. The van der Waals surface area contributed by atoms with Crippen LogP contribution in [0.15, 0.2) is 30.5 Å². The van der Waals surface area contributed by atoms with Crippen LogP contribution in [0.25, 0.3) is 21.0 Å². The van der Waals surface area contributed by atoms with Gasteiger partial charge >= 0.3 is 0 Å². The zero-order valence-electron chi connectivity index (χ0n) is 18.1. The number of halogens is 1. The molecule has 9 nitrogen and oxygen atoms in total. The smallest absolute Gasteiger partial charge is 0.263 e. The summed E-state index contributed by atoms with van der Waals surface area (Å²) in [6.45, 7) is 2.62. The van der Waals surface area contributed by atoms with Crippen LogP contribution in [0.2, 0.25) is 5.28 Å². The van der Waals surface area contributed by atoms with Crippen molar-refractivity contribution in [1.29, 1.82) is 0 Å². The molecule has 34 heavy (non-hydrogen) atoms. The van der Waals surface area contributed by atoms with E-state index >= 15 is 0 Å². The van der Waals surface area contributed by atoms with E-state index in [1.807, 2.05) is 31.2 Å². The van der Waals surface area contributed by atoms with E-state index in [0.717, 1.165) is 39.5 Å². The van der Waals surface area contributed by atoms with Crippen molar-refractivity contribution in [2.45, 2.75) is 31.8 Å². The Hall–Kier alpha value is -3.50. The molecule has 1 aromatic carbocycles. The van der Waals surface area contributed by atoms with Crippen LogP contribution in [0.5, 0.6) is 0 Å². The number of pyridine rings is 1. The Morgan fingerprint density at radius 2 is 2.06 bits per heavy atom. The maximum atomic E-state index is 12.6. The SMILES string of the molecule is C[C@H]1CNc2c(sc3ccc4nc(Nc5nc(Cl)ncc5C(=O)NC5CC5)ccc4c23)C(=O)N1. The fraction of sp³-hybridized carbons (Fsp3) is 0.261. The zero-order valence-corrected chi connectivity index (χ0v) is 19.7. The number of benzene rings is 1. The van der Waals surface area contributed by atoms with Crippen LogP contribution < -0.4 is 21.3 Å². The number of carbonyl (C=O) groups excluding carboxylic acids is 2. The molecule has 2 aliphatic rings. The molecule has 3 aromatic heterocycles. The minimum absolute atomic E-state index is 0.0347. The Morgan fingerprint density at radius 1 is 1.21 bits per heavy atom. The average molecular weight is 494 g/mol. The molecule has 0 unspecified atom stereocenters. The molecular formula is C23H20ClN7O2S. The third-order valence-electron chi connectivity index (χ3n) is 5.85. The number of hydrogen-bond donors (Lipinski definition) is 4. The molecule has 1 fully saturated rings. The molecule has 1 saturated carbocycles. The summed E-state index contributed by atoms with van der Waals surface area (Å²) < 4.78 is 1.01. The molecule has 0 bridgehead atoms. The third-order valence-corrected chi connectivity index (χ3v) is 7.19. The highest BCUT2D eigenvalue weighted by molar-refractivity contribution is 7.21. The number of thiophene rings is 1. The highest BCUT2D eigenvalue weighted by Crippen LogP contribution is 2.41. The van der Waals surface area contributed by atoms with E-state index in [9.17, 15) is 9.59 Å². The number of nitrogens with zero attached hydrogens (tertiary/aromatic N) is 3. The molecule has 2 amide bonds. The molecule has 1 aliphatic carbocycles. The number of anilines is 3. The van der Waals surface area contributed by atoms with Crippen LogP contribution in [0.1, 0.15) is 39.8 Å². The third kappa shape index (κ3) is 3.78. The molecule has 1 atom stereocenters. The van der Waals surface area contributed by atoms with Crippen LogP contribution in [0.4, 0.5) is 17.3 Å². The molecule has 0 saturated heterocycles. The number of rotatable bonds is 4. The highest BCUT2D eigenvalue weighted by atomic mass is 35.5. The molecule has 1 aliphatic heterocycles. The van der Waals surface area contributed by atoms with Crippen molar-refractivity contribution >= 4 is 73.1 Å². The van der Waals surface area contributed by atoms with E-state index in [1.54, 1.807) is 0 Å². The van der Waals surface area contributed by atoms with Gasteiger partial charge in [-0.15, -0.1) is 11.3 Å². The van der Waals surface area contributed by atoms with Crippen LogP contribution in [-0.2, 0) is 0 Å². The molecule has 0 spiro atoms. The minimum Gasteiger partial charge on any atom is -0.381 e. The Labute approximate surface area is 203 Å². The Kier molecular flexibility index (Phi) is 5.00. The predicted molar refractivity (Wildman–Crippen MR) is 133 cm³/mol. The maximum Gasteiger partial charge on any atom is 0.263 e. The first-order valence-electron chi connectivity index (χ1n) is 11.0. The molecule has 4 aromatic rings. The molecule has 172 valence electrons. The lowest BCUT2D eigenvalue weighted by Gasteiger charge is -2.12. The van der Waals surface area contributed by atoms with Gasteiger partial charge in [-0.25, -0.2) is 9.97 Å². The number of nitrogens with one attached hydrogen (secondary N) is 4. The van der Waals surface area contributed by atoms with Crippen molar-refractivity contribution in [3.8, 4) is 0 Å². The van der Waals surface area contributed by atoms with Crippen LogP contribution in [0, 0.1) is 0 Å². The monoisotopic (exact) mass is 493 g/mol. The lowest BCUT2D eigenvalue weighted by atomic mass is 10.1. The molecule has 4 heterocycles. The van der Waals surface area contributed by atoms with E-state index in [2.05, 4.69) is 31.2 Å². The summed E-state index contributed by atoms with van der Waals surface area (Å²) in [5.41, 5.74) is 1.90. The second kappa shape index (κ2) is 8.07. The fourth-order valence-electron chi connectivity index (χ4n) is 4.03. The number of carbonyl (C=O) groups is 2. The fourth-order valence-corrected chi connectivity index (χ4v) is 5.26. The summed E-state index contributed by atoms with van der Waals surface area (Å²) in [6.07, 6.45) is 3.37. The van der Waals surface area contributed by atoms with Gasteiger partial charge in [-0.1, -0.05) is 0 Å². The molecule has 11 heteroatoms. The zero-order chi connectivity index (χ0) is 23.4. The van der Waals surface area contributed by atoms with Gasteiger partial charge in [0.05, 0.1) is 11.2 Å². The number of fused-ring (bicyclic) bond motifs is 5. The lowest BCUT2D eigenvalue weighted by molar-refractivity contribution is 0.0941. The van der Waals surface area contributed by atoms with Gasteiger partial charge in [0.15, 0.2) is 0 Å². The van der Waals surface area contributed by atoms with Crippen molar-refractivity contribution in [3.05, 3.63) is 46.2 Å². The first kappa shape index (κ1) is 21.1. The van der Waals surface area contributed by atoms with Gasteiger partial charge in [-0.3, -0.25) is 9.59 Å².